The monoisotopic (exact) mass is 234 g/mol. The normalized spacial score (nSPS) is 14.9. The molecule has 1 heterocycles. The van der Waals surface area contributed by atoms with Gasteiger partial charge in [-0.05, 0) is 12.8 Å². The van der Waals surface area contributed by atoms with Gasteiger partial charge < -0.3 is 4.90 Å². The number of benzene rings is 1. The highest BCUT2D eigenvalue weighted by Crippen LogP contribution is 2.07. The van der Waals surface area contributed by atoms with Gasteiger partial charge >= 0.3 is 6.03 Å². The Morgan fingerprint density at radius 3 is 2.44 bits per heavy atom. The third kappa shape index (κ3) is 2.58. The van der Waals surface area contributed by atoms with E-state index in [0.717, 1.165) is 31.5 Å². The van der Waals surface area contributed by atoms with Crippen molar-refractivity contribution in [2.45, 2.75) is 12.8 Å². The molecule has 0 saturated carbocycles. The van der Waals surface area contributed by atoms with Crippen molar-refractivity contribution in [2.75, 3.05) is 13.1 Å². The zero-order valence-electron chi connectivity index (χ0n) is 8.98. The number of thiocarbonyl (C=S) groups is 1. The molecule has 1 aliphatic rings. The molecule has 84 valence electrons. The quantitative estimate of drug-likeness (QED) is 0.755. The van der Waals surface area contributed by atoms with E-state index < -0.39 is 0 Å². The molecule has 0 unspecified atom stereocenters. The maximum Gasteiger partial charge on any atom is 0.322 e. The van der Waals surface area contributed by atoms with E-state index in [2.05, 4.69) is 5.32 Å². The Morgan fingerprint density at radius 2 is 1.81 bits per heavy atom. The van der Waals surface area contributed by atoms with Crippen LogP contribution in [0, 0.1) is 0 Å². The highest BCUT2D eigenvalue weighted by molar-refractivity contribution is 7.80. The van der Waals surface area contributed by atoms with Crippen molar-refractivity contribution in [3.8, 4) is 0 Å². The summed E-state index contributed by atoms with van der Waals surface area (Å²) in [6, 6.07) is 9.45. The van der Waals surface area contributed by atoms with Crippen LogP contribution in [0.4, 0.5) is 4.79 Å². The third-order valence-corrected chi connectivity index (χ3v) is 2.99. The van der Waals surface area contributed by atoms with Gasteiger partial charge in [0.05, 0.1) is 0 Å². The predicted molar refractivity (Wildman–Crippen MR) is 67.5 cm³/mol. The van der Waals surface area contributed by atoms with E-state index in [1.54, 1.807) is 4.90 Å². The molecule has 1 aromatic carbocycles. The van der Waals surface area contributed by atoms with Gasteiger partial charge in [-0.25, -0.2) is 4.79 Å². The van der Waals surface area contributed by atoms with Crippen molar-refractivity contribution in [1.82, 2.24) is 10.2 Å². The minimum absolute atomic E-state index is 0.0775. The molecular weight excluding hydrogens is 220 g/mol. The molecule has 1 fully saturated rings. The van der Waals surface area contributed by atoms with E-state index in [-0.39, 0.29) is 6.03 Å². The molecule has 2 rings (SSSR count). The van der Waals surface area contributed by atoms with Crippen LogP contribution in [0.25, 0.3) is 0 Å². The van der Waals surface area contributed by atoms with E-state index in [9.17, 15) is 4.79 Å². The average molecular weight is 234 g/mol. The summed E-state index contributed by atoms with van der Waals surface area (Å²) in [6.45, 7) is 1.67. The molecule has 0 aromatic heterocycles. The first-order chi connectivity index (χ1) is 7.77. The molecule has 1 N–H and O–H groups in total. The molecule has 16 heavy (non-hydrogen) atoms. The number of carbonyl (C=O) groups is 1. The second-order valence-electron chi connectivity index (χ2n) is 3.82. The van der Waals surface area contributed by atoms with Gasteiger partial charge in [0.15, 0.2) is 0 Å². The summed E-state index contributed by atoms with van der Waals surface area (Å²) >= 11 is 5.17. The van der Waals surface area contributed by atoms with Crippen molar-refractivity contribution in [2.24, 2.45) is 0 Å². The van der Waals surface area contributed by atoms with Gasteiger partial charge in [-0.15, -0.1) is 0 Å². The molecule has 1 aliphatic heterocycles. The SMILES string of the molecule is O=C(NC(=S)c1ccccc1)N1CCCC1. The number of carbonyl (C=O) groups excluding carboxylic acids is 1. The maximum atomic E-state index is 11.8. The fraction of sp³-hybridized carbons (Fsp3) is 0.333. The van der Waals surface area contributed by atoms with Crippen LogP contribution in [0.2, 0.25) is 0 Å². The number of hydrogen-bond acceptors (Lipinski definition) is 2. The Hall–Kier alpha value is -1.42. The molecule has 0 bridgehead atoms. The Morgan fingerprint density at radius 1 is 1.19 bits per heavy atom. The predicted octanol–water partition coefficient (Wildman–Crippen LogP) is 2.17. The average Bonchev–Trinajstić information content (AvgIpc) is 2.83. The molecule has 0 aliphatic carbocycles. The minimum atomic E-state index is -0.0775. The summed E-state index contributed by atoms with van der Waals surface area (Å²) in [5.41, 5.74) is 0.880. The Balaban J connectivity index is 1.94. The first kappa shape index (κ1) is 11.1. The second kappa shape index (κ2) is 5.07. The van der Waals surface area contributed by atoms with E-state index in [1.807, 2.05) is 30.3 Å². The number of amides is 2. The van der Waals surface area contributed by atoms with E-state index in [4.69, 9.17) is 12.2 Å². The van der Waals surface area contributed by atoms with E-state index in [0.29, 0.717) is 4.99 Å². The van der Waals surface area contributed by atoms with Crippen LogP contribution >= 0.6 is 12.2 Å². The van der Waals surface area contributed by atoms with Crippen molar-refractivity contribution in [3.63, 3.8) is 0 Å². The summed E-state index contributed by atoms with van der Waals surface area (Å²) < 4.78 is 0. The summed E-state index contributed by atoms with van der Waals surface area (Å²) in [6.07, 6.45) is 2.18. The van der Waals surface area contributed by atoms with Crippen molar-refractivity contribution < 1.29 is 4.79 Å². The number of nitrogens with one attached hydrogen (secondary N) is 1. The smallest absolute Gasteiger partial charge is 0.322 e. The van der Waals surface area contributed by atoms with Crippen LogP contribution in [0.3, 0.4) is 0 Å². The maximum absolute atomic E-state index is 11.8. The van der Waals surface area contributed by atoms with Crippen LogP contribution in [0.5, 0.6) is 0 Å². The minimum Gasteiger partial charge on any atom is -0.325 e. The van der Waals surface area contributed by atoms with Crippen molar-refractivity contribution in [1.29, 1.82) is 0 Å². The molecule has 0 spiro atoms. The number of hydrogen-bond donors (Lipinski definition) is 1. The topological polar surface area (TPSA) is 32.3 Å². The fourth-order valence-electron chi connectivity index (χ4n) is 1.76. The van der Waals surface area contributed by atoms with Gasteiger partial charge in [-0.1, -0.05) is 42.5 Å². The number of rotatable bonds is 1. The van der Waals surface area contributed by atoms with Crippen molar-refractivity contribution in [3.05, 3.63) is 35.9 Å². The first-order valence-electron chi connectivity index (χ1n) is 5.42. The Labute approximate surface area is 100 Å². The van der Waals surface area contributed by atoms with Crippen LogP contribution in [-0.2, 0) is 0 Å². The second-order valence-corrected chi connectivity index (χ2v) is 4.23. The Bertz CT molecular complexity index is 385. The number of nitrogens with zero attached hydrogens (tertiary/aromatic N) is 1. The molecule has 0 atom stereocenters. The van der Waals surface area contributed by atoms with E-state index >= 15 is 0 Å². The van der Waals surface area contributed by atoms with Crippen LogP contribution in [0.15, 0.2) is 30.3 Å². The largest absolute Gasteiger partial charge is 0.325 e. The van der Waals surface area contributed by atoms with Crippen LogP contribution in [0.1, 0.15) is 18.4 Å². The van der Waals surface area contributed by atoms with E-state index in [1.165, 1.54) is 0 Å². The lowest BCUT2D eigenvalue weighted by atomic mass is 10.2. The standard InChI is InChI=1S/C12H14N2OS/c15-12(14-8-4-5-9-14)13-11(16)10-6-2-1-3-7-10/h1-3,6-7H,4-5,8-9H2,(H,13,15,16). The summed E-state index contributed by atoms with van der Waals surface area (Å²) in [5, 5.41) is 2.76. The summed E-state index contributed by atoms with van der Waals surface area (Å²) in [5.74, 6) is 0. The number of likely N-dealkylation sites (tertiary alicyclic amines) is 1. The lowest BCUT2D eigenvalue weighted by Gasteiger charge is -2.16. The molecule has 1 saturated heterocycles. The highest BCUT2D eigenvalue weighted by Gasteiger charge is 2.18. The summed E-state index contributed by atoms with van der Waals surface area (Å²) in [7, 11) is 0. The fourth-order valence-corrected chi connectivity index (χ4v) is 1.98. The zero-order chi connectivity index (χ0) is 11.4. The molecule has 3 nitrogen and oxygen atoms in total. The van der Waals surface area contributed by atoms with Crippen LogP contribution in [-0.4, -0.2) is 29.0 Å². The molecule has 0 radical (unpaired) electrons. The highest BCUT2D eigenvalue weighted by atomic mass is 32.1. The molecule has 4 heteroatoms. The van der Waals surface area contributed by atoms with Gasteiger partial charge in [-0.2, -0.15) is 0 Å². The van der Waals surface area contributed by atoms with Gasteiger partial charge in [-0.3, -0.25) is 5.32 Å². The van der Waals surface area contributed by atoms with Gasteiger partial charge in [0.2, 0.25) is 0 Å². The van der Waals surface area contributed by atoms with Gasteiger partial charge in [0.1, 0.15) is 4.99 Å². The Kier molecular flexibility index (Phi) is 3.51. The molecular formula is C12H14N2OS. The van der Waals surface area contributed by atoms with Crippen molar-refractivity contribution >= 4 is 23.2 Å². The lowest BCUT2D eigenvalue weighted by Crippen LogP contribution is -2.40. The molecule has 2 amide bonds. The number of urea groups is 1. The van der Waals surface area contributed by atoms with Gasteiger partial charge in [0.25, 0.3) is 0 Å². The lowest BCUT2D eigenvalue weighted by molar-refractivity contribution is 0.214. The summed E-state index contributed by atoms with van der Waals surface area (Å²) in [4.78, 5) is 14.1. The third-order valence-electron chi connectivity index (χ3n) is 2.65. The molecule has 1 aromatic rings. The first-order valence-corrected chi connectivity index (χ1v) is 5.83. The van der Waals surface area contributed by atoms with Crippen LogP contribution < -0.4 is 5.32 Å². The zero-order valence-corrected chi connectivity index (χ0v) is 9.80. The van der Waals surface area contributed by atoms with Gasteiger partial charge in [0, 0.05) is 18.7 Å².